The second-order valence-corrected chi connectivity index (χ2v) is 8.42. The van der Waals surface area contributed by atoms with E-state index in [0.29, 0.717) is 17.3 Å². The molecule has 0 aliphatic heterocycles. The van der Waals surface area contributed by atoms with Crippen molar-refractivity contribution in [2.75, 3.05) is 5.32 Å². The molecule has 170 valence electrons. The number of rotatable bonds is 7. The zero-order valence-corrected chi connectivity index (χ0v) is 18.6. The van der Waals surface area contributed by atoms with Crippen LogP contribution in [0.3, 0.4) is 0 Å². The van der Waals surface area contributed by atoms with Crippen molar-refractivity contribution in [3.8, 4) is 11.4 Å². The molecule has 0 radical (unpaired) electrons. The minimum absolute atomic E-state index is 0.00165. The van der Waals surface area contributed by atoms with E-state index in [1.165, 1.54) is 10.6 Å². The van der Waals surface area contributed by atoms with Crippen LogP contribution in [0.5, 0.6) is 0 Å². The molecule has 1 aliphatic carbocycles. The van der Waals surface area contributed by atoms with Crippen LogP contribution < -0.4 is 10.9 Å². The molecular formula is C24H27N7O2. The maximum absolute atomic E-state index is 12.6. The summed E-state index contributed by atoms with van der Waals surface area (Å²) < 4.78 is 9.37. The summed E-state index contributed by atoms with van der Waals surface area (Å²) in [5.41, 5.74) is 2.15. The van der Waals surface area contributed by atoms with Gasteiger partial charge in [0, 0.05) is 42.6 Å². The molecule has 1 fully saturated rings. The van der Waals surface area contributed by atoms with Gasteiger partial charge >= 0.3 is 0 Å². The molecule has 9 nitrogen and oxygen atoms in total. The average molecular weight is 446 g/mol. The number of H-pyrrole nitrogens is 1. The van der Waals surface area contributed by atoms with Crippen molar-refractivity contribution < 1.29 is 4.74 Å². The maximum atomic E-state index is 12.6. The lowest BCUT2D eigenvalue weighted by Crippen LogP contribution is -2.31. The number of aromatic amines is 1. The van der Waals surface area contributed by atoms with Gasteiger partial charge in [-0.25, -0.2) is 4.98 Å². The Balaban J connectivity index is 1.30. The molecular weight excluding hydrogens is 418 g/mol. The zero-order valence-electron chi connectivity index (χ0n) is 18.6. The summed E-state index contributed by atoms with van der Waals surface area (Å²) in [6.07, 6.45) is 6.07. The predicted molar refractivity (Wildman–Crippen MR) is 126 cm³/mol. The quantitative estimate of drug-likeness (QED) is 0.451. The number of aryl methyl sites for hydroxylation is 1. The molecule has 1 aliphatic rings. The fraction of sp³-hybridized carbons (Fsp3) is 0.333. The topological polar surface area (TPSA) is 102 Å². The molecule has 0 spiro atoms. The molecule has 3 aromatic heterocycles. The van der Waals surface area contributed by atoms with Crippen LogP contribution in [0.4, 0.5) is 5.82 Å². The SMILES string of the molecule is C=C(Nc1ccn(C)n1)C1CCCCC1OCc1cc(=O)n2[nH]c(-c3ccccc3)nc2n1. The van der Waals surface area contributed by atoms with E-state index in [1.54, 1.807) is 4.68 Å². The molecule has 33 heavy (non-hydrogen) atoms. The minimum atomic E-state index is -0.213. The third-order valence-electron chi connectivity index (χ3n) is 6.03. The van der Waals surface area contributed by atoms with Gasteiger partial charge in [-0.05, 0) is 12.8 Å². The van der Waals surface area contributed by atoms with Gasteiger partial charge in [-0.2, -0.15) is 14.6 Å². The Morgan fingerprint density at radius 3 is 2.82 bits per heavy atom. The first-order chi connectivity index (χ1) is 16.1. The molecule has 4 aromatic rings. The van der Waals surface area contributed by atoms with Crippen LogP contribution in [-0.4, -0.2) is 35.5 Å². The first kappa shape index (κ1) is 21.1. The van der Waals surface area contributed by atoms with E-state index in [1.807, 2.05) is 49.6 Å². The molecule has 5 rings (SSSR count). The molecule has 0 bridgehead atoms. The third-order valence-corrected chi connectivity index (χ3v) is 6.03. The highest BCUT2D eigenvalue weighted by molar-refractivity contribution is 5.56. The van der Waals surface area contributed by atoms with Crippen molar-refractivity contribution in [2.45, 2.75) is 38.4 Å². The Morgan fingerprint density at radius 1 is 1.21 bits per heavy atom. The van der Waals surface area contributed by atoms with Crippen LogP contribution in [0.25, 0.3) is 17.2 Å². The smallest absolute Gasteiger partial charge is 0.274 e. The monoisotopic (exact) mass is 445 g/mol. The van der Waals surface area contributed by atoms with Crippen molar-refractivity contribution in [1.29, 1.82) is 0 Å². The number of aromatic nitrogens is 6. The average Bonchev–Trinajstić information content (AvgIpc) is 3.45. The summed E-state index contributed by atoms with van der Waals surface area (Å²) in [4.78, 5) is 21.7. The number of anilines is 1. The number of benzene rings is 1. The lowest BCUT2D eigenvalue weighted by Gasteiger charge is -2.32. The maximum Gasteiger partial charge on any atom is 0.274 e. The Labute approximate surface area is 191 Å². The van der Waals surface area contributed by atoms with Crippen LogP contribution in [0, 0.1) is 5.92 Å². The summed E-state index contributed by atoms with van der Waals surface area (Å²) in [5.74, 6) is 1.88. The molecule has 2 atom stereocenters. The van der Waals surface area contributed by atoms with Crippen molar-refractivity contribution in [2.24, 2.45) is 13.0 Å². The van der Waals surface area contributed by atoms with Crippen molar-refractivity contribution in [3.05, 3.63) is 77.0 Å². The predicted octanol–water partition coefficient (Wildman–Crippen LogP) is 3.52. The molecule has 0 amide bonds. The Bertz CT molecular complexity index is 1320. The molecule has 1 aromatic carbocycles. The number of fused-ring (bicyclic) bond motifs is 1. The van der Waals surface area contributed by atoms with Gasteiger partial charge in [-0.15, -0.1) is 0 Å². The standard InChI is InChI=1S/C24H27N7O2/c1-16(25-21-12-13-30(2)28-21)19-10-6-7-11-20(19)33-15-18-14-22(32)31-24(26-18)27-23(29-31)17-8-4-3-5-9-17/h3-5,8-9,12-14,19-20H,1,6-7,10-11,15H2,2H3,(H,25,28)(H,26,27,29). The lowest BCUT2D eigenvalue weighted by atomic mass is 9.84. The molecule has 0 saturated heterocycles. The van der Waals surface area contributed by atoms with Crippen molar-refractivity contribution in [1.82, 2.24) is 29.4 Å². The van der Waals surface area contributed by atoms with Gasteiger partial charge in [-0.1, -0.05) is 49.8 Å². The summed E-state index contributed by atoms with van der Waals surface area (Å²) >= 11 is 0. The van der Waals surface area contributed by atoms with Gasteiger partial charge in [0.05, 0.1) is 18.4 Å². The Morgan fingerprint density at radius 2 is 2.03 bits per heavy atom. The number of nitrogens with one attached hydrogen (secondary N) is 2. The molecule has 3 heterocycles. The number of hydrogen-bond donors (Lipinski definition) is 2. The van der Waals surface area contributed by atoms with Crippen LogP contribution in [0.15, 0.2) is 65.7 Å². The lowest BCUT2D eigenvalue weighted by molar-refractivity contribution is -0.0112. The molecule has 2 unspecified atom stereocenters. The van der Waals surface area contributed by atoms with E-state index in [9.17, 15) is 4.79 Å². The highest BCUT2D eigenvalue weighted by Gasteiger charge is 2.28. The minimum Gasteiger partial charge on any atom is -0.371 e. The van der Waals surface area contributed by atoms with E-state index in [4.69, 9.17) is 4.74 Å². The third kappa shape index (κ3) is 4.58. The van der Waals surface area contributed by atoms with Crippen LogP contribution in [0.2, 0.25) is 0 Å². The first-order valence-electron chi connectivity index (χ1n) is 11.2. The second-order valence-electron chi connectivity index (χ2n) is 8.42. The van der Waals surface area contributed by atoms with Gasteiger partial charge < -0.3 is 10.1 Å². The van der Waals surface area contributed by atoms with Crippen LogP contribution in [-0.2, 0) is 18.4 Å². The number of hydrogen-bond acceptors (Lipinski definition) is 6. The molecule has 2 N–H and O–H groups in total. The van der Waals surface area contributed by atoms with Crippen molar-refractivity contribution in [3.63, 3.8) is 0 Å². The summed E-state index contributed by atoms with van der Waals surface area (Å²) in [6, 6.07) is 13.1. The van der Waals surface area contributed by atoms with Gasteiger partial charge in [0.15, 0.2) is 11.6 Å². The van der Waals surface area contributed by atoms with E-state index in [0.717, 1.165) is 42.8 Å². The fourth-order valence-electron chi connectivity index (χ4n) is 4.35. The van der Waals surface area contributed by atoms with Gasteiger partial charge in [0.1, 0.15) is 0 Å². The van der Waals surface area contributed by atoms with Crippen LogP contribution in [0.1, 0.15) is 31.4 Å². The highest BCUT2D eigenvalue weighted by Crippen LogP contribution is 2.32. The van der Waals surface area contributed by atoms with E-state index in [2.05, 4.69) is 32.1 Å². The second kappa shape index (κ2) is 9.03. The first-order valence-corrected chi connectivity index (χ1v) is 11.2. The number of ether oxygens (including phenoxy) is 1. The Hall–Kier alpha value is -3.72. The Kier molecular flexibility index (Phi) is 5.78. The normalized spacial score (nSPS) is 18.5. The van der Waals surface area contributed by atoms with E-state index in [-0.39, 0.29) is 24.2 Å². The van der Waals surface area contributed by atoms with Gasteiger partial charge in [0.25, 0.3) is 11.3 Å². The summed E-state index contributed by atoms with van der Waals surface area (Å²) in [7, 11) is 1.88. The zero-order chi connectivity index (χ0) is 22.8. The molecule has 9 heteroatoms. The summed E-state index contributed by atoms with van der Waals surface area (Å²) in [6.45, 7) is 4.50. The molecule has 1 saturated carbocycles. The fourth-order valence-corrected chi connectivity index (χ4v) is 4.35. The van der Waals surface area contributed by atoms with Crippen LogP contribution >= 0.6 is 0 Å². The number of nitrogens with zero attached hydrogens (tertiary/aromatic N) is 5. The van der Waals surface area contributed by atoms with Crippen molar-refractivity contribution >= 4 is 11.6 Å². The summed E-state index contributed by atoms with van der Waals surface area (Å²) in [5, 5.41) is 10.7. The van der Waals surface area contributed by atoms with E-state index < -0.39 is 0 Å². The largest absolute Gasteiger partial charge is 0.371 e. The van der Waals surface area contributed by atoms with Gasteiger partial charge in [0.2, 0.25) is 0 Å². The highest BCUT2D eigenvalue weighted by atomic mass is 16.5. The van der Waals surface area contributed by atoms with Gasteiger partial charge in [-0.3, -0.25) is 14.6 Å². The van der Waals surface area contributed by atoms with E-state index >= 15 is 0 Å².